The summed E-state index contributed by atoms with van der Waals surface area (Å²) in [4.78, 5) is 7.59. The fraction of sp³-hybridized carbons (Fsp3) is 0.318. The van der Waals surface area contributed by atoms with Crippen LogP contribution >= 0.6 is 0 Å². The van der Waals surface area contributed by atoms with Gasteiger partial charge in [0.1, 0.15) is 11.6 Å². The average molecular weight is 422 g/mol. The molecule has 1 saturated carbocycles. The molecule has 0 amide bonds. The predicted molar refractivity (Wildman–Crippen MR) is 104 cm³/mol. The maximum absolute atomic E-state index is 13.3. The van der Waals surface area contributed by atoms with Crippen LogP contribution in [0.3, 0.4) is 0 Å². The van der Waals surface area contributed by atoms with E-state index in [0.717, 1.165) is 5.52 Å². The Hall–Kier alpha value is -2.90. The zero-order valence-corrected chi connectivity index (χ0v) is 15.8. The number of aromatic amines is 1. The van der Waals surface area contributed by atoms with Crippen molar-refractivity contribution >= 4 is 17.1 Å². The number of halogens is 5. The minimum atomic E-state index is -4.78. The van der Waals surface area contributed by atoms with Crippen molar-refractivity contribution in [2.75, 3.05) is 0 Å². The van der Waals surface area contributed by atoms with Crippen molar-refractivity contribution in [2.24, 2.45) is 5.92 Å². The van der Waals surface area contributed by atoms with Crippen molar-refractivity contribution in [1.29, 1.82) is 0 Å². The maximum Gasteiger partial charge on any atom is 0.573 e. The first-order valence-electron chi connectivity index (χ1n) is 9.59. The summed E-state index contributed by atoms with van der Waals surface area (Å²) in [6.07, 6.45) is -0.466. The summed E-state index contributed by atoms with van der Waals surface area (Å²) in [6, 6.07) is 11.0. The lowest BCUT2D eigenvalue weighted by Crippen LogP contribution is -2.23. The van der Waals surface area contributed by atoms with Gasteiger partial charge in [0, 0.05) is 18.4 Å². The molecule has 0 atom stereocenters. The van der Waals surface area contributed by atoms with Crippen molar-refractivity contribution in [2.45, 2.75) is 38.0 Å². The van der Waals surface area contributed by atoms with Crippen molar-refractivity contribution in [3.8, 4) is 16.9 Å². The van der Waals surface area contributed by atoms with Crippen LogP contribution in [-0.2, 0) is 0 Å². The lowest BCUT2D eigenvalue weighted by Gasteiger charge is -2.26. The number of hydrogen-bond acceptors (Lipinski definition) is 2. The van der Waals surface area contributed by atoms with Crippen LogP contribution in [0.1, 0.15) is 31.5 Å². The number of nitrogens with one attached hydrogen (secondary N) is 1. The van der Waals surface area contributed by atoms with E-state index in [1.54, 1.807) is 36.4 Å². The molecule has 0 spiro atoms. The van der Waals surface area contributed by atoms with E-state index in [9.17, 15) is 22.0 Å². The van der Waals surface area contributed by atoms with Crippen LogP contribution in [-0.4, -0.2) is 22.3 Å². The van der Waals surface area contributed by atoms with Crippen LogP contribution in [0.2, 0.25) is 0 Å². The van der Waals surface area contributed by atoms with Crippen molar-refractivity contribution in [1.82, 2.24) is 9.97 Å². The van der Waals surface area contributed by atoms with E-state index in [1.807, 2.05) is 6.08 Å². The van der Waals surface area contributed by atoms with E-state index in [2.05, 4.69) is 14.7 Å². The number of allylic oxidation sites excluding steroid dienone is 1. The summed E-state index contributed by atoms with van der Waals surface area (Å²) in [7, 11) is 0. The van der Waals surface area contributed by atoms with Gasteiger partial charge in [-0.25, -0.2) is 13.8 Å². The molecule has 2 aromatic carbocycles. The molecule has 1 aromatic heterocycles. The second-order valence-electron chi connectivity index (χ2n) is 7.45. The van der Waals surface area contributed by atoms with Crippen molar-refractivity contribution < 1.29 is 26.7 Å². The molecular weight excluding hydrogens is 403 g/mol. The third-order valence-electron chi connectivity index (χ3n) is 5.21. The normalized spacial score (nSPS) is 17.6. The van der Waals surface area contributed by atoms with E-state index in [1.165, 1.54) is 12.1 Å². The summed E-state index contributed by atoms with van der Waals surface area (Å²) < 4.78 is 68.7. The van der Waals surface area contributed by atoms with Gasteiger partial charge in [0.15, 0.2) is 0 Å². The first kappa shape index (κ1) is 20.4. The molecule has 1 fully saturated rings. The second-order valence-corrected chi connectivity index (χ2v) is 7.45. The van der Waals surface area contributed by atoms with Crippen LogP contribution in [0, 0.1) is 5.92 Å². The Morgan fingerprint density at radius 3 is 2.53 bits per heavy atom. The van der Waals surface area contributed by atoms with Crippen LogP contribution < -0.4 is 4.74 Å². The standard InChI is InChI=1S/C22H19F5N2O/c23-21(24)11-9-14(10-12-21)5-8-20-28-17-7-6-15(13-18(17)29-20)16-3-1-2-4-19(16)30-22(25,26)27/h1-8,13-14H,9-12H2,(H,28,29). The summed E-state index contributed by atoms with van der Waals surface area (Å²) in [5.74, 6) is -2.19. The van der Waals surface area contributed by atoms with Gasteiger partial charge in [-0.1, -0.05) is 30.3 Å². The fourth-order valence-electron chi connectivity index (χ4n) is 3.67. The van der Waals surface area contributed by atoms with Gasteiger partial charge in [-0.15, -0.1) is 13.2 Å². The number of nitrogens with zero attached hydrogens (tertiary/aromatic N) is 1. The Morgan fingerprint density at radius 2 is 1.80 bits per heavy atom. The second kappa shape index (κ2) is 7.74. The van der Waals surface area contributed by atoms with E-state index in [4.69, 9.17) is 0 Å². The fourth-order valence-corrected chi connectivity index (χ4v) is 3.67. The van der Waals surface area contributed by atoms with E-state index < -0.39 is 12.3 Å². The Morgan fingerprint density at radius 1 is 1.07 bits per heavy atom. The summed E-state index contributed by atoms with van der Waals surface area (Å²) in [5.41, 5.74) is 2.16. The summed E-state index contributed by atoms with van der Waals surface area (Å²) in [6.45, 7) is 0. The largest absolute Gasteiger partial charge is 0.573 e. The molecule has 158 valence electrons. The van der Waals surface area contributed by atoms with Gasteiger partial charge in [0.05, 0.1) is 11.0 Å². The first-order chi connectivity index (χ1) is 14.2. The highest BCUT2D eigenvalue weighted by atomic mass is 19.4. The topological polar surface area (TPSA) is 37.9 Å². The van der Waals surface area contributed by atoms with Gasteiger partial charge in [-0.3, -0.25) is 0 Å². The quantitative estimate of drug-likeness (QED) is 0.461. The average Bonchev–Trinajstić information content (AvgIpc) is 3.08. The molecule has 1 N–H and O–H groups in total. The monoisotopic (exact) mass is 422 g/mol. The lowest BCUT2D eigenvalue weighted by atomic mass is 9.86. The molecule has 0 bridgehead atoms. The van der Waals surface area contributed by atoms with Crippen molar-refractivity contribution in [3.05, 3.63) is 54.4 Å². The zero-order valence-electron chi connectivity index (χ0n) is 15.8. The number of fused-ring (bicyclic) bond motifs is 1. The van der Waals surface area contributed by atoms with Gasteiger partial charge in [-0.05, 0) is 48.6 Å². The van der Waals surface area contributed by atoms with Gasteiger partial charge in [-0.2, -0.15) is 0 Å². The number of para-hydroxylation sites is 1. The molecule has 4 rings (SSSR count). The summed E-state index contributed by atoms with van der Waals surface area (Å²) >= 11 is 0. The number of aromatic nitrogens is 2. The third kappa shape index (κ3) is 4.80. The first-order valence-corrected chi connectivity index (χ1v) is 9.59. The molecule has 0 radical (unpaired) electrons. The van der Waals surface area contributed by atoms with Crippen LogP contribution in [0.5, 0.6) is 5.75 Å². The highest BCUT2D eigenvalue weighted by Gasteiger charge is 2.34. The number of benzene rings is 2. The molecule has 30 heavy (non-hydrogen) atoms. The minimum absolute atomic E-state index is 0.0831. The van der Waals surface area contributed by atoms with E-state index >= 15 is 0 Å². The van der Waals surface area contributed by atoms with E-state index in [-0.39, 0.29) is 24.5 Å². The maximum atomic E-state index is 13.3. The molecule has 8 heteroatoms. The SMILES string of the molecule is FC1(F)CCC(C=Cc2nc3cc(-c4ccccc4OC(F)(F)F)ccc3[nH]2)CC1. The number of ether oxygens (including phenoxy) is 1. The zero-order chi connectivity index (χ0) is 21.4. The molecule has 0 aliphatic heterocycles. The number of imidazole rings is 1. The molecule has 3 aromatic rings. The molecule has 1 aliphatic carbocycles. The Kier molecular flexibility index (Phi) is 5.26. The van der Waals surface area contributed by atoms with Crippen LogP contribution in [0.25, 0.3) is 28.2 Å². The molecule has 1 aliphatic rings. The minimum Gasteiger partial charge on any atom is -0.405 e. The highest BCUT2D eigenvalue weighted by molar-refractivity contribution is 5.84. The Labute approximate surface area is 169 Å². The smallest absolute Gasteiger partial charge is 0.405 e. The molecule has 0 saturated heterocycles. The van der Waals surface area contributed by atoms with Gasteiger partial charge >= 0.3 is 6.36 Å². The van der Waals surface area contributed by atoms with Gasteiger partial charge < -0.3 is 9.72 Å². The number of hydrogen-bond donors (Lipinski definition) is 1. The van der Waals surface area contributed by atoms with E-state index in [0.29, 0.717) is 35.3 Å². The van der Waals surface area contributed by atoms with Gasteiger partial charge in [0.2, 0.25) is 5.92 Å². The summed E-state index contributed by atoms with van der Waals surface area (Å²) in [5, 5.41) is 0. The number of rotatable bonds is 4. The van der Waals surface area contributed by atoms with Gasteiger partial charge in [0.25, 0.3) is 0 Å². The number of alkyl halides is 5. The lowest BCUT2D eigenvalue weighted by molar-refractivity contribution is -0.274. The predicted octanol–water partition coefficient (Wildman–Crippen LogP) is 6.97. The molecular formula is C22H19F5N2O. The van der Waals surface area contributed by atoms with Crippen molar-refractivity contribution in [3.63, 3.8) is 0 Å². The third-order valence-corrected chi connectivity index (χ3v) is 5.21. The van der Waals surface area contributed by atoms with Crippen LogP contribution in [0.4, 0.5) is 22.0 Å². The molecule has 3 nitrogen and oxygen atoms in total. The highest BCUT2D eigenvalue weighted by Crippen LogP contribution is 2.37. The molecule has 1 heterocycles. The number of H-pyrrole nitrogens is 1. The Bertz CT molecular complexity index is 1060. The molecule has 0 unspecified atom stereocenters. The van der Waals surface area contributed by atoms with Crippen LogP contribution in [0.15, 0.2) is 48.5 Å². The Balaban J connectivity index is 1.56.